The third-order valence-electron chi connectivity index (χ3n) is 1.20. The number of nitrogens with zero attached hydrogens (tertiary/aromatic N) is 3. The van der Waals surface area contributed by atoms with Gasteiger partial charge in [-0.2, -0.15) is 4.89 Å². The van der Waals surface area contributed by atoms with E-state index in [1.807, 2.05) is 0 Å². The highest BCUT2D eigenvalue weighted by molar-refractivity contribution is 5.00. The van der Waals surface area contributed by atoms with Crippen molar-refractivity contribution < 1.29 is 9.78 Å². The fraction of sp³-hybridized carbons (Fsp3) is 0.571. The van der Waals surface area contributed by atoms with Crippen molar-refractivity contribution in [3.8, 4) is 5.88 Å². The molecule has 5 heteroatoms. The fourth-order valence-corrected chi connectivity index (χ4v) is 0.580. The molecular weight excluding hydrogens is 158 g/mol. The van der Waals surface area contributed by atoms with E-state index in [1.165, 1.54) is 6.20 Å². The molecule has 0 aliphatic heterocycles. The van der Waals surface area contributed by atoms with E-state index >= 15 is 0 Å². The second-order valence-electron chi connectivity index (χ2n) is 2.22. The summed E-state index contributed by atoms with van der Waals surface area (Å²) in [5, 5.41) is 10.4. The average molecular weight is 169 g/mol. The summed E-state index contributed by atoms with van der Waals surface area (Å²) < 4.78 is 0. The van der Waals surface area contributed by atoms with Crippen molar-refractivity contribution in [2.75, 3.05) is 6.61 Å². The molecule has 66 valence electrons. The first-order valence-corrected chi connectivity index (χ1v) is 3.87. The van der Waals surface area contributed by atoms with E-state index in [2.05, 4.69) is 22.3 Å². The maximum Gasteiger partial charge on any atom is 0.278 e. The average Bonchev–Trinajstić information content (AvgIpc) is 2.14. The van der Waals surface area contributed by atoms with Gasteiger partial charge in [0.2, 0.25) is 0 Å². The number of unbranched alkanes of at least 4 members (excludes halogenated alkanes) is 1. The molecule has 1 rings (SSSR count). The van der Waals surface area contributed by atoms with Crippen molar-refractivity contribution in [3.05, 3.63) is 12.3 Å². The molecule has 0 aliphatic rings. The lowest BCUT2D eigenvalue weighted by Crippen LogP contribution is -2.01. The molecule has 0 N–H and O–H groups in total. The number of hydrogen-bond acceptors (Lipinski definition) is 5. The highest BCUT2D eigenvalue weighted by Gasteiger charge is 1.94. The lowest BCUT2D eigenvalue weighted by molar-refractivity contribution is -0.210. The summed E-state index contributed by atoms with van der Waals surface area (Å²) in [7, 11) is 0. The highest BCUT2D eigenvalue weighted by atomic mass is 17.2. The van der Waals surface area contributed by atoms with Gasteiger partial charge in [-0.25, -0.2) is 0 Å². The molecule has 1 heterocycles. The minimum absolute atomic E-state index is 0.334. The van der Waals surface area contributed by atoms with Crippen LogP contribution < -0.4 is 4.89 Å². The summed E-state index contributed by atoms with van der Waals surface area (Å²) in [5.41, 5.74) is 0. The zero-order valence-electron chi connectivity index (χ0n) is 6.93. The zero-order valence-corrected chi connectivity index (χ0v) is 6.93. The van der Waals surface area contributed by atoms with Crippen LogP contribution in [0.25, 0.3) is 0 Å². The summed E-state index contributed by atoms with van der Waals surface area (Å²) in [6, 6.07) is 1.58. The Morgan fingerprint density at radius 3 is 3.08 bits per heavy atom. The SMILES string of the molecule is CCCCOOc1ccnnn1. The molecule has 1 aromatic rings. The van der Waals surface area contributed by atoms with E-state index in [0.29, 0.717) is 12.5 Å². The first kappa shape index (κ1) is 8.86. The molecule has 0 aliphatic carbocycles. The third-order valence-corrected chi connectivity index (χ3v) is 1.20. The maximum atomic E-state index is 4.83. The molecule has 0 unspecified atom stereocenters. The second kappa shape index (κ2) is 5.42. The van der Waals surface area contributed by atoms with Crippen molar-refractivity contribution in [3.63, 3.8) is 0 Å². The van der Waals surface area contributed by atoms with Crippen molar-refractivity contribution in [2.24, 2.45) is 0 Å². The normalized spacial score (nSPS) is 9.75. The van der Waals surface area contributed by atoms with Gasteiger partial charge in [-0.15, -0.1) is 5.10 Å². The van der Waals surface area contributed by atoms with Gasteiger partial charge in [0.05, 0.1) is 12.8 Å². The predicted molar refractivity (Wildman–Crippen MR) is 41.3 cm³/mol. The van der Waals surface area contributed by atoms with Crippen LogP contribution in [-0.2, 0) is 4.89 Å². The van der Waals surface area contributed by atoms with Gasteiger partial charge < -0.3 is 4.89 Å². The summed E-state index contributed by atoms with van der Waals surface area (Å²) >= 11 is 0. The number of hydrogen-bond donors (Lipinski definition) is 0. The smallest absolute Gasteiger partial charge is 0.278 e. The van der Waals surface area contributed by atoms with Gasteiger partial charge in [0.1, 0.15) is 0 Å². The Kier molecular flexibility index (Phi) is 4.01. The molecule has 12 heavy (non-hydrogen) atoms. The number of aromatic nitrogens is 3. The zero-order chi connectivity index (χ0) is 8.65. The molecule has 0 bridgehead atoms. The van der Waals surface area contributed by atoms with Gasteiger partial charge in [0, 0.05) is 6.07 Å². The lowest BCUT2D eigenvalue weighted by Gasteiger charge is -2.00. The van der Waals surface area contributed by atoms with E-state index in [9.17, 15) is 0 Å². The van der Waals surface area contributed by atoms with E-state index < -0.39 is 0 Å². The summed E-state index contributed by atoms with van der Waals surface area (Å²) in [6.45, 7) is 2.65. The van der Waals surface area contributed by atoms with Crippen LogP contribution in [-0.4, -0.2) is 22.0 Å². The summed E-state index contributed by atoms with van der Waals surface area (Å²) in [5.74, 6) is 0.334. The molecule has 0 saturated heterocycles. The standard InChI is InChI=1S/C7H11N3O2/c1-2-3-6-11-12-7-4-5-8-10-9-7/h4-5H,2-3,6H2,1H3. The van der Waals surface area contributed by atoms with E-state index in [-0.39, 0.29) is 0 Å². The number of rotatable bonds is 5. The van der Waals surface area contributed by atoms with Crippen molar-refractivity contribution in [1.82, 2.24) is 15.4 Å². The van der Waals surface area contributed by atoms with Crippen LogP contribution >= 0.6 is 0 Å². The van der Waals surface area contributed by atoms with Crippen molar-refractivity contribution in [2.45, 2.75) is 19.8 Å². The molecular formula is C7H11N3O2. The van der Waals surface area contributed by atoms with Gasteiger partial charge in [0.15, 0.2) is 0 Å². The first-order chi connectivity index (χ1) is 5.93. The van der Waals surface area contributed by atoms with E-state index in [4.69, 9.17) is 9.78 Å². The first-order valence-electron chi connectivity index (χ1n) is 3.87. The van der Waals surface area contributed by atoms with Crippen LogP contribution in [0.5, 0.6) is 5.88 Å². The summed E-state index contributed by atoms with van der Waals surface area (Å²) in [6.07, 6.45) is 3.54. The molecule has 0 saturated carbocycles. The molecule has 0 amide bonds. The quantitative estimate of drug-likeness (QED) is 0.373. The monoisotopic (exact) mass is 169 g/mol. The Bertz CT molecular complexity index is 205. The van der Waals surface area contributed by atoms with Gasteiger partial charge in [-0.05, 0) is 11.6 Å². The lowest BCUT2D eigenvalue weighted by atomic mass is 10.4. The second-order valence-corrected chi connectivity index (χ2v) is 2.22. The summed E-state index contributed by atoms with van der Waals surface area (Å²) in [4.78, 5) is 9.62. The Morgan fingerprint density at radius 2 is 2.42 bits per heavy atom. The fourth-order valence-electron chi connectivity index (χ4n) is 0.580. The van der Waals surface area contributed by atoms with Crippen LogP contribution in [0.2, 0.25) is 0 Å². The highest BCUT2D eigenvalue weighted by Crippen LogP contribution is 2.00. The van der Waals surface area contributed by atoms with Crippen LogP contribution in [0.4, 0.5) is 0 Å². The Morgan fingerprint density at radius 1 is 1.50 bits per heavy atom. The van der Waals surface area contributed by atoms with Crippen LogP contribution in [0, 0.1) is 0 Å². The minimum Gasteiger partial charge on any atom is -0.315 e. The molecule has 1 aromatic heterocycles. The predicted octanol–water partition coefficient (Wildman–Crippen LogP) is 0.982. The largest absolute Gasteiger partial charge is 0.315 e. The molecule has 0 fully saturated rings. The van der Waals surface area contributed by atoms with Crippen molar-refractivity contribution >= 4 is 0 Å². The van der Waals surface area contributed by atoms with E-state index in [1.54, 1.807) is 6.07 Å². The van der Waals surface area contributed by atoms with Gasteiger partial charge >= 0.3 is 0 Å². The minimum atomic E-state index is 0.334. The van der Waals surface area contributed by atoms with Crippen LogP contribution in [0.15, 0.2) is 12.3 Å². The molecule has 5 nitrogen and oxygen atoms in total. The van der Waals surface area contributed by atoms with Gasteiger partial charge in [-0.3, -0.25) is 0 Å². The van der Waals surface area contributed by atoms with Gasteiger partial charge in [0.25, 0.3) is 5.88 Å². The Balaban J connectivity index is 2.16. The maximum absolute atomic E-state index is 4.83. The van der Waals surface area contributed by atoms with Gasteiger partial charge in [-0.1, -0.05) is 18.4 Å². The topological polar surface area (TPSA) is 57.1 Å². The Hall–Kier alpha value is -1.23. The van der Waals surface area contributed by atoms with Crippen LogP contribution in [0.3, 0.4) is 0 Å². The molecule has 0 atom stereocenters. The molecule has 0 aromatic carbocycles. The van der Waals surface area contributed by atoms with Crippen molar-refractivity contribution in [1.29, 1.82) is 0 Å². The van der Waals surface area contributed by atoms with E-state index in [0.717, 1.165) is 12.8 Å². The molecule has 0 radical (unpaired) electrons. The Labute approximate surface area is 70.6 Å². The molecule has 0 spiro atoms. The third kappa shape index (κ3) is 3.25. The van der Waals surface area contributed by atoms with Crippen LogP contribution in [0.1, 0.15) is 19.8 Å².